The van der Waals surface area contributed by atoms with E-state index in [2.05, 4.69) is 31.9 Å². The van der Waals surface area contributed by atoms with Gasteiger partial charge < -0.3 is 16.0 Å². The van der Waals surface area contributed by atoms with Gasteiger partial charge in [0.2, 0.25) is 11.8 Å². The molecule has 3 amide bonds. The van der Waals surface area contributed by atoms with E-state index in [1.807, 2.05) is 31.2 Å². The summed E-state index contributed by atoms with van der Waals surface area (Å²) in [6.45, 7) is 2.61. The summed E-state index contributed by atoms with van der Waals surface area (Å²) in [6.07, 6.45) is 1.50. The van der Waals surface area contributed by atoms with Crippen LogP contribution in [0.15, 0.2) is 53.0 Å². The highest BCUT2D eigenvalue weighted by molar-refractivity contribution is 9.10. The van der Waals surface area contributed by atoms with Crippen molar-refractivity contribution in [1.29, 1.82) is 0 Å². The number of anilines is 1. The first kappa shape index (κ1) is 21.6. The van der Waals surface area contributed by atoms with Crippen molar-refractivity contribution in [2.75, 3.05) is 11.9 Å². The van der Waals surface area contributed by atoms with Crippen molar-refractivity contribution >= 4 is 39.3 Å². The van der Waals surface area contributed by atoms with Crippen molar-refractivity contribution in [3.63, 3.8) is 0 Å². The van der Waals surface area contributed by atoms with E-state index in [4.69, 9.17) is 0 Å². The molecule has 0 aromatic heterocycles. The van der Waals surface area contributed by atoms with Crippen LogP contribution < -0.4 is 16.0 Å². The molecule has 2 aromatic carbocycles. The Morgan fingerprint density at radius 2 is 1.54 bits per heavy atom. The molecule has 0 spiro atoms. The molecular formula is C21H24BrN3O3. The first-order valence-electron chi connectivity index (χ1n) is 9.17. The van der Waals surface area contributed by atoms with Gasteiger partial charge in [-0.1, -0.05) is 35.0 Å². The molecular weight excluding hydrogens is 422 g/mol. The van der Waals surface area contributed by atoms with E-state index in [1.54, 1.807) is 24.3 Å². The Kier molecular flexibility index (Phi) is 8.68. The fourth-order valence-corrected chi connectivity index (χ4v) is 2.70. The number of nitrogens with one attached hydrogen (secondary N) is 3. The molecule has 6 nitrogen and oxygen atoms in total. The van der Waals surface area contributed by atoms with Crippen molar-refractivity contribution < 1.29 is 14.4 Å². The maximum absolute atomic E-state index is 12.0. The summed E-state index contributed by atoms with van der Waals surface area (Å²) >= 11 is 3.32. The summed E-state index contributed by atoms with van der Waals surface area (Å²) < 4.78 is 0.903. The number of halogens is 1. The van der Waals surface area contributed by atoms with E-state index < -0.39 is 0 Å². The molecule has 3 N–H and O–H groups in total. The van der Waals surface area contributed by atoms with E-state index >= 15 is 0 Å². The van der Waals surface area contributed by atoms with Gasteiger partial charge in [-0.3, -0.25) is 14.4 Å². The third kappa shape index (κ3) is 7.52. The average Bonchev–Trinajstić information content (AvgIpc) is 2.68. The lowest BCUT2D eigenvalue weighted by atomic mass is 10.2. The molecule has 0 heterocycles. The van der Waals surface area contributed by atoms with Gasteiger partial charge in [0.15, 0.2) is 0 Å². The quantitative estimate of drug-likeness (QED) is 0.550. The molecule has 7 heteroatoms. The summed E-state index contributed by atoms with van der Waals surface area (Å²) in [5.41, 5.74) is 2.22. The highest BCUT2D eigenvalue weighted by Crippen LogP contribution is 2.11. The summed E-state index contributed by atoms with van der Waals surface area (Å²) in [7, 11) is 0. The van der Waals surface area contributed by atoms with Gasteiger partial charge in [-0.05, 0) is 48.4 Å². The predicted octanol–water partition coefficient (Wildman–Crippen LogP) is 3.62. The van der Waals surface area contributed by atoms with Gasteiger partial charge in [0, 0.05) is 41.7 Å². The van der Waals surface area contributed by atoms with Crippen molar-refractivity contribution in [2.24, 2.45) is 0 Å². The van der Waals surface area contributed by atoms with Crippen LogP contribution in [-0.4, -0.2) is 24.3 Å². The van der Waals surface area contributed by atoms with Gasteiger partial charge in [0.25, 0.3) is 5.91 Å². The van der Waals surface area contributed by atoms with Gasteiger partial charge in [0.1, 0.15) is 0 Å². The lowest BCUT2D eigenvalue weighted by Gasteiger charge is -2.08. The molecule has 0 fully saturated rings. The Morgan fingerprint density at radius 3 is 2.18 bits per heavy atom. The standard InChI is InChI=1S/C21H24BrN3O3/c1-2-3-20(27)25-18-10-4-15(5-11-18)14-24-19(26)12-13-23-21(28)16-6-8-17(22)9-7-16/h4-11H,2-3,12-14H2,1H3,(H,23,28)(H,24,26)(H,25,27). The molecule has 0 bridgehead atoms. The molecule has 0 aliphatic heterocycles. The second kappa shape index (κ2) is 11.2. The summed E-state index contributed by atoms with van der Waals surface area (Å²) in [5, 5.41) is 8.37. The minimum atomic E-state index is -0.207. The number of benzene rings is 2. The molecule has 2 aromatic rings. The number of hydrogen-bond acceptors (Lipinski definition) is 3. The van der Waals surface area contributed by atoms with Crippen molar-refractivity contribution in [1.82, 2.24) is 10.6 Å². The van der Waals surface area contributed by atoms with E-state index in [-0.39, 0.29) is 30.7 Å². The number of carbonyl (C=O) groups is 3. The minimum absolute atomic E-state index is 0.00580. The van der Waals surface area contributed by atoms with Crippen LogP contribution in [0.3, 0.4) is 0 Å². The first-order chi connectivity index (χ1) is 13.5. The van der Waals surface area contributed by atoms with Gasteiger partial charge in [-0.2, -0.15) is 0 Å². The number of rotatable bonds is 9. The molecule has 0 radical (unpaired) electrons. The maximum atomic E-state index is 12.0. The second-order valence-electron chi connectivity index (χ2n) is 6.28. The predicted molar refractivity (Wildman–Crippen MR) is 113 cm³/mol. The molecule has 2 rings (SSSR count). The monoisotopic (exact) mass is 445 g/mol. The summed E-state index contributed by atoms with van der Waals surface area (Å²) in [6, 6.07) is 14.4. The van der Waals surface area contributed by atoms with Crippen LogP contribution in [0.4, 0.5) is 5.69 Å². The topological polar surface area (TPSA) is 87.3 Å². The van der Waals surface area contributed by atoms with Crippen LogP contribution in [0.2, 0.25) is 0 Å². The summed E-state index contributed by atoms with van der Waals surface area (Å²) in [5.74, 6) is -0.355. The Bertz CT molecular complexity index is 805. The molecule has 0 saturated carbocycles. The SMILES string of the molecule is CCCC(=O)Nc1ccc(CNC(=O)CCNC(=O)c2ccc(Br)cc2)cc1. The molecule has 28 heavy (non-hydrogen) atoms. The smallest absolute Gasteiger partial charge is 0.251 e. The van der Waals surface area contributed by atoms with Crippen LogP contribution >= 0.6 is 15.9 Å². The average molecular weight is 446 g/mol. The van der Waals surface area contributed by atoms with Crippen LogP contribution in [0.1, 0.15) is 42.1 Å². The molecule has 0 atom stereocenters. The van der Waals surface area contributed by atoms with Crippen molar-refractivity contribution in [3.8, 4) is 0 Å². The van der Waals surface area contributed by atoms with Gasteiger partial charge in [0.05, 0.1) is 0 Å². The fraction of sp³-hybridized carbons (Fsp3) is 0.286. The molecule has 0 aliphatic rings. The lowest BCUT2D eigenvalue weighted by Crippen LogP contribution is -2.30. The van der Waals surface area contributed by atoms with E-state index in [9.17, 15) is 14.4 Å². The zero-order chi connectivity index (χ0) is 20.4. The van der Waals surface area contributed by atoms with Crippen LogP contribution in [0.5, 0.6) is 0 Å². The van der Waals surface area contributed by atoms with Crippen LogP contribution in [0.25, 0.3) is 0 Å². The normalized spacial score (nSPS) is 10.2. The van der Waals surface area contributed by atoms with Crippen LogP contribution in [0, 0.1) is 0 Å². The Morgan fingerprint density at radius 1 is 0.857 bits per heavy atom. The Hall–Kier alpha value is -2.67. The third-order valence-corrected chi connectivity index (χ3v) is 4.48. The second-order valence-corrected chi connectivity index (χ2v) is 7.20. The lowest BCUT2D eigenvalue weighted by molar-refractivity contribution is -0.121. The highest BCUT2D eigenvalue weighted by atomic mass is 79.9. The zero-order valence-corrected chi connectivity index (χ0v) is 17.3. The third-order valence-electron chi connectivity index (χ3n) is 3.95. The number of hydrogen-bond donors (Lipinski definition) is 3. The largest absolute Gasteiger partial charge is 0.352 e. The Labute approximate surface area is 173 Å². The first-order valence-corrected chi connectivity index (χ1v) is 9.96. The molecule has 0 saturated heterocycles. The van der Waals surface area contributed by atoms with E-state index in [0.29, 0.717) is 18.5 Å². The van der Waals surface area contributed by atoms with E-state index in [0.717, 1.165) is 22.1 Å². The van der Waals surface area contributed by atoms with Gasteiger partial charge in [-0.15, -0.1) is 0 Å². The van der Waals surface area contributed by atoms with Crippen molar-refractivity contribution in [2.45, 2.75) is 32.7 Å². The fourth-order valence-electron chi connectivity index (χ4n) is 2.44. The number of amides is 3. The van der Waals surface area contributed by atoms with Gasteiger partial charge in [-0.25, -0.2) is 0 Å². The Balaban J connectivity index is 1.68. The highest BCUT2D eigenvalue weighted by Gasteiger charge is 2.07. The van der Waals surface area contributed by atoms with E-state index in [1.165, 1.54) is 0 Å². The molecule has 0 unspecified atom stereocenters. The van der Waals surface area contributed by atoms with Crippen molar-refractivity contribution in [3.05, 3.63) is 64.1 Å². The summed E-state index contributed by atoms with van der Waals surface area (Å²) in [4.78, 5) is 35.5. The minimum Gasteiger partial charge on any atom is -0.352 e. The van der Waals surface area contributed by atoms with Gasteiger partial charge >= 0.3 is 0 Å². The zero-order valence-electron chi connectivity index (χ0n) is 15.8. The van der Waals surface area contributed by atoms with Crippen LogP contribution in [-0.2, 0) is 16.1 Å². The molecule has 0 aliphatic carbocycles. The maximum Gasteiger partial charge on any atom is 0.251 e. The number of carbonyl (C=O) groups excluding carboxylic acids is 3. The molecule has 148 valence electrons.